The van der Waals surface area contributed by atoms with E-state index in [1.165, 1.54) is 16.8 Å². The van der Waals surface area contributed by atoms with Crippen LogP contribution in [0.2, 0.25) is 5.02 Å². The van der Waals surface area contributed by atoms with Gasteiger partial charge in [-0.2, -0.15) is 5.10 Å². The molecule has 132 valence electrons. The van der Waals surface area contributed by atoms with Crippen LogP contribution < -0.4 is 11.1 Å². The lowest BCUT2D eigenvalue weighted by atomic mass is 9.87. The molecule has 1 atom stereocenters. The lowest BCUT2D eigenvalue weighted by Gasteiger charge is -2.21. The van der Waals surface area contributed by atoms with Crippen LogP contribution in [0.4, 0.5) is 15.9 Å². The van der Waals surface area contributed by atoms with E-state index in [0.29, 0.717) is 22.1 Å². The Hall–Kier alpha value is -2.90. The van der Waals surface area contributed by atoms with Crippen LogP contribution in [0.3, 0.4) is 0 Å². The molecule has 1 unspecified atom stereocenters. The van der Waals surface area contributed by atoms with Gasteiger partial charge in [0.1, 0.15) is 11.6 Å². The summed E-state index contributed by atoms with van der Waals surface area (Å²) in [6, 6.07) is 10.5. The van der Waals surface area contributed by atoms with Gasteiger partial charge in [0.2, 0.25) is 5.60 Å². The summed E-state index contributed by atoms with van der Waals surface area (Å²) in [6.45, 7) is 1.63. The summed E-state index contributed by atoms with van der Waals surface area (Å²) in [6.07, 6.45) is 0. The highest BCUT2D eigenvalue weighted by atomic mass is 35.5. The Kier molecular flexibility index (Phi) is 3.54. The van der Waals surface area contributed by atoms with Crippen molar-refractivity contribution >= 4 is 29.0 Å². The molecule has 0 radical (unpaired) electrons. The Morgan fingerprint density at radius 1 is 1.27 bits per heavy atom. The summed E-state index contributed by atoms with van der Waals surface area (Å²) in [7, 11) is 0. The Morgan fingerprint density at radius 3 is 2.65 bits per heavy atom. The number of halogens is 2. The van der Waals surface area contributed by atoms with Gasteiger partial charge >= 0.3 is 0 Å². The third kappa shape index (κ3) is 2.21. The maximum atomic E-state index is 13.7. The number of amides is 1. The van der Waals surface area contributed by atoms with Gasteiger partial charge in [-0.05, 0) is 49.4 Å². The molecule has 0 spiro atoms. The summed E-state index contributed by atoms with van der Waals surface area (Å²) in [5.41, 5.74) is 5.62. The van der Waals surface area contributed by atoms with Crippen molar-refractivity contribution < 1.29 is 14.3 Å². The number of benzene rings is 2. The molecular weight excluding hydrogens is 359 g/mol. The molecular formula is C18H14ClFN4O2. The second kappa shape index (κ2) is 5.55. The van der Waals surface area contributed by atoms with Crippen molar-refractivity contribution in [2.24, 2.45) is 0 Å². The molecule has 6 nitrogen and oxygen atoms in total. The number of nitrogen functional groups attached to an aromatic ring is 1. The monoisotopic (exact) mass is 372 g/mol. The average Bonchev–Trinajstić information content (AvgIpc) is 3.03. The Morgan fingerprint density at radius 2 is 1.96 bits per heavy atom. The molecule has 8 heteroatoms. The maximum Gasteiger partial charge on any atom is 0.266 e. The van der Waals surface area contributed by atoms with Crippen molar-refractivity contribution in [1.82, 2.24) is 9.78 Å². The highest BCUT2D eigenvalue weighted by Crippen LogP contribution is 2.44. The SMILES string of the molecule is Cc1nn(-c2ccc(Cl)cc2)c(N)c1C1(O)C(=O)Nc2ccc(F)cc21. The molecule has 1 aliphatic heterocycles. The first kappa shape index (κ1) is 16.6. The van der Waals surface area contributed by atoms with E-state index in [0.717, 1.165) is 6.07 Å². The third-order valence-electron chi connectivity index (χ3n) is 4.48. The first-order valence-corrected chi connectivity index (χ1v) is 8.15. The Balaban J connectivity index is 1.93. The van der Waals surface area contributed by atoms with Gasteiger partial charge < -0.3 is 16.2 Å². The normalized spacial score (nSPS) is 18.7. The van der Waals surface area contributed by atoms with Crippen LogP contribution in [-0.4, -0.2) is 20.8 Å². The van der Waals surface area contributed by atoms with E-state index in [4.69, 9.17) is 17.3 Å². The average molecular weight is 373 g/mol. The molecule has 2 aromatic carbocycles. The minimum atomic E-state index is -2.13. The smallest absolute Gasteiger partial charge is 0.266 e. The van der Waals surface area contributed by atoms with Crippen molar-refractivity contribution in [2.45, 2.75) is 12.5 Å². The van der Waals surface area contributed by atoms with Crippen molar-refractivity contribution in [3.05, 3.63) is 70.1 Å². The van der Waals surface area contributed by atoms with E-state index in [1.807, 2.05) is 0 Å². The minimum absolute atomic E-state index is 0.0829. The van der Waals surface area contributed by atoms with E-state index in [9.17, 15) is 14.3 Å². The van der Waals surface area contributed by atoms with Gasteiger partial charge in [0.15, 0.2) is 0 Å². The van der Waals surface area contributed by atoms with Gasteiger partial charge in [-0.25, -0.2) is 9.07 Å². The number of anilines is 2. The standard InChI is InChI=1S/C18H14ClFN4O2/c1-9-15(16(21)24(23-9)12-5-2-10(19)3-6-12)18(26)13-8-11(20)4-7-14(13)22-17(18)25/h2-8,26H,21H2,1H3,(H,22,25). The van der Waals surface area contributed by atoms with E-state index in [1.54, 1.807) is 31.2 Å². The number of nitrogens with one attached hydrogen (secondary N) is 1. The van der Waals surface area contributed by atoms with Gasteiger partial charge in [-0.1, -0.05) is 11.6 Å². The van der Waals surface area contributed by atoms with E-state index < -0.39 is 17.3 Å². The molecule has 0 fully saturated rings. The quantitative estimate of drug-likeness (QED) is 0.644. The summed E-state index contributed by atoms with van der Waals surface area (Å²) in [5.74, 6) is -1.19. The van der Waals surface area contributed by atoms with Crippen molar-refractivity contribution in [3.8, 4) is 5.69 Å². The number of fused-ring (bicyclic) bond motifs is 1. The van der Waals surface area contributed by atoms with Gasteiger partial charge in [-0.15, -0.1) is 0 Å². The van der Waals surface area contributed by atoms with Crippen LogP contribution in [0.25, 0.3) is 5.69 Å². The highest BCUT2D eigenvalue weighted by molar-refractivity contribution is 6.30. The zero-order valence-corrected chi connectivity index (χ0v) is 14.4. The number of hydrogen-bond donors (Lipinski definition) is 3. The lowest BCUT2D eigenvalue weighted by molar-refractivity contribution is -0.129. The largest absolute Gasteiger partial charge is 0.383 e. The zero-order valence-electron chi connectivity index (χ0n) is 13.6. The topological polar surface area (TPSA) is 93.2 Å². The number of nitrogens with zero attached hydrogens (tertiary/aromatic N) is 2. The predicted octanol–water partition coefficient (Wildman–Crippen LogP) is 2.74. The molecule has 0 aliphatic carbocycles. The van der Waals surface area contributed by atoms with Crippen LogP contribution >= 0.6 is 11.6 Å². The number of carbonyl (C=O) groups is 1. The fourth-order valence-electron chi connectivity index (χ4n) is 3.28. The fourth-order valence-corrected chi connectivity index (χ4v) is 3.41. The van der Waals surface area contributed by atoms with Crippen molar-refractivity contribution in [1.29, 1.82) is 0 Å². The van der Waals surface area contributed by atoms with E-state index in [2.05, 4.69) is 10.4 Å². The molecule has 2 heterocycles. The van der Waals surface area contributed by atoms with E-state index in [-0.39, 0.29) is 16.9 Å². The molecule has 1 aromatic heterocycles. The fraction of sp³-hybridized carbons (Fsp3) is 0.111. The van der Waals surface area contributed by atoms with Crippen LogP contribution in [0.1, 0.15) is 16.8 Å². The molecule has 0 saturated heterocycles. The summed E-state index contributed by atoms with van der Waals surface area (Å²) < 4.78 is 15.1. The van der Waals surface area contributed by atoms with Crippen molar-refractivity contribution in [2.75, 3.05) is 11.1 Å². The van der Waals surface area contributed by atoms with Crippen LogP contribution in [-0.2, 0) is 10.4 Å². The number of aliphatic hydroxyl groups is 1. The Labute approximate surface area is 153 Å². The van der Waals surface area contributed by atoms with Crippen molar-refractivity contribution in [3.63, 3.8) is 0 Å². The third-order valence-corrected chi connectivity index (χ3v) is 4.73. The molecule has 4 N–H and O–H groups in total. The van der Waals surface area contributed by atoms with Gasteiger partial charge in [0.25, 0.3) is 5.91 Å². The molecule has 0 saturated carbocycles. The van der Waals surface area contributed by atoms with Crippen LogP contribution in [0.15, 0.2) is 42.5 Å². The minimum Gasteiger partial charge on any atom is -0.383 e. The number of aromatic nitrogens is 2. The van der Waals surface area contributed by atoms with Gasteiger partial charge in [0, 0.05) is 16.3 Å². The molecule has 4 rings (SSSR count). The number of hydrogen-bond acceptors (Lipinski definition) is 4. The summed E-state index contributed by atoms with van der Waals surface area (Å²) in [5, 5.41) is 18.7. The number of aryl methyl sites for hydroxylation is 1. The first-order chi connectivity index (χ1) is 12.3. The molecule has 0 bridgehead atoms. The van der Waals surface area contributed by atoms with Gasteiger partial charge in [0.05, 0.1) is 16.9 Å². The maximum absolute atomic E-state index is 13.7. The second-order valence-electron chi connectivity index (χ2n) is 6.09. The summed E-state index contributed by atoms with van der Waals surface area (Å²) >= 11 is 5.90. The predicted molar refractivity (Wildman–Crippen MR) is 95.8 cm³/mol. The molecule has 1 aliphatic rings. The van der Waals surface area contributed by atoms with E-state index >= 15 is 0 Å². The molecule has 1 amide bonds. The molecule has 3 aromatic rings. The molecule has 26 heavy (non-hydrogen) atoms. The number of carbonyl (C=O) groups excluding carboxylic acids is 1. The lowest BCUT2D eigenvalue weighted by Crippen LogP contribution is -2.36. The number of rotatable bonds is 2. The second-order valence-corrected chi connectivity index (χ2v) is 6.52. The van der Waals surface area contributed by atoms with Crippen LogP contribution in [0.5, 0.6) is 0 Å². The van der Waals surface area contributed by atoms with Gasteiger partial charge in [-0.3, -0.25) is 4.79 Å². The zero-order chi connectivity index (χ0) is 18.6. The summed E-state index contributed by atoms with van der Waals surface area (Å²) in [4.78, 5) is 12.6. The first-order valence-electron chi connectivity index (χ1n) is 7.77. The number of nitrogens with two attached hydrogens (primary N) is 1. The Bertz CT molecular complexity index is 1050. The van der Waals surface area contributed by atoms with Crippen LogP contribution in [0, 0.1) is 12.7 Å². The highest BCUT2D eigenvalue weighted by Gasteiger charge is 2.50.